The Morgan fingerprint density at radius 2 is 1.76 bits per heavy atom. The van der Waals surface area contributed by atoms with Crippen molar-refractivity contribution in [1.29, 1.82) is 0 Å². The first-order valence-corrected chi connectivity index (χ1v) is 6.31. The zero-order valence-corrected chi connectivity index (χ0v) is 13.3. The molecule has 2 N–H and O–H groups in total. The zero-order chi connectivity index (χ0) is 13.5. The lowest BCUT2D eigenvalue weighted by Crippen LogP contribution is -2.23. The molecule has 0 unspecified atom stereocenters. The molecule has 114 valence electrons. The van der Waals surface area contributed by atoms with Crippen molar-refractivity contribution in [3.8, 4) is 0 Å². The highest BCUT2D eigenvalue weighted by Crippen LogP contribution is 2.15. The quantitative estimate of drug-likeness (QED) is 0.886. The van der Waals surface area contributed by atoms with E-state index in [2.05, 4.69) is 15.6 Å². The van der Waals surface area contributed by atoms with E-state index in [1.165, 1.54) is 0 Å². The monoisotopic (exact) mass is 327 g/mol. The van der Waals surface area contributed by atoms with Gasteiger partial charge in [-0.25, -0.2) is 0 Å². The number of hydrogen-bond acceptors (Lipinski definition) is 3. The van der Waals surface area contributed by atoms with Crippen molar-refractivity contribution < 1.29 is 4.79 Å². The summed E-state index contributed by atoms with van der Waals surface area (Å²) >= 11 is 0. The molecule has 0 bridgehead atoms. The molecule has 1 aromatic heterocycles. The summed E-state index contributed by atoms with van der Waals surface area (Å²) in [7, 11) is 0. The van der Waals surface area contributed by atoms with Crippen LogP contribution in [-0.4, -0.2) is 17.4 Å². The first-order valence-electron chi connectivity index (χ1n) is 6.31. The number of hydrogen-bond donors (Lipinski definition) is 2. The summed E-state index contributed by atoms with van der Waals surface area (Å²) in [4.78, 5) is 15.9. The van der Waals surface area contributed by atoms with Gasteiger partial charge in [0, 0.05) is 31.2 Å². The molecule has 1 amide bonds. The number of anilines is 1. The van der Waals surface area contributed by atoms with Crippen LogP contribution >= 0.6 is 24.8 Å². The summed E-state index contributed by atoms with van der Waals surface area (Å²) in [5.41, 5.74) is 2.63. The summed E-state index contributed by atoms with van der Waals surface area (Å²) in [6.07, 6.45) is 3.51. The number of nitrogens with one attached hydrogen (secondary N) is 2. The first kappa shape index (κ1) is 19.2. The third kappa shape index (κ3) is 5.61. The molecule has 0 saturated heterocycles. The van der Waals surface area contributed by atoms with Gasteiger partial charge in [-0.2, -0.15) is 0 Å². The van der Waals surface area contributed by atoms with Gasteiger partial charge in [-0.1, -0.05) is 12.1 Å². The summed E-state index contributed by atoms with van der Waals surface area (Å²) < 4.78 is 0. The SMILES string of the molecule is CCNC(=O)c1ccccc1NCc1ccncc1.Cl.Cl. The third-order valence-electron chi connectivity index (χ3n) is 2.74. The van der Waals surface area contributed by atoms with E-state index in [-0.39, 0.29) is 30.7 Å². The minimum atomic E-state index is -0.0553. The van der Waals surface area contributed by atoms with Crippen LogP contribution in [0.4, 0.5) is 5.69 Å². The molecule has 0 aliphatic carbocycles. The van der Waals surface area contributed by atoms with Crippen LogP contribution in [-0.2, 0) is 6.54 Å². The van der Waals surface area contributed by atoms with Gasteiger partial charge in [0.25, 0.3) is 5.91 Å². The van der Waals surface area contributed by atoms with Gasteiger partial charge in [0.15, 0.2) is 0 Å². The lowest BCUT2D eigenvalue weighted by Gasteiger charge is -2.11. The van der Waals surface area contributed by atoms with Gasteiger partial charge in [-0.3, -0.25) is 9.78 Å². The van der Waals surface area contributed by atoms with E-state index >= 15 is 0 Å². The van der Waals surface area contributed by atoms with Crippen LogP contribution in [0.5, 0.6) is 0 Å². The Hall–Kier alpha value is -1.78. The number of aromatic nitrogens is 1. The van der Waals surface area contributed by atoms with E-state index in [0.29, 0.717) is 18.7 Å². The number of pyridine rings is 1. The van der Waals surface area contributed by atoms with E-state index < -0.39 is 0 Å². The Kier molecular flexibility index (Phi) is 9.17. The van der Waals surface area contributed by atoms with Gasteiger partial charge >= 0.3 is 0 Å². The summed E-state index contributed by atoms with van der Waals surface area (Å²) in [5.74, 6) is -0.0553. The number of nitrogens with zero attached hydrogens (tertiary/aromatic N) is 1. The largest absolute Gasteiger partial charge is 0.380 e. The smallest absolute Gasteiger partial charge is 0.253 e. The number of para-hydroxylation sites is 1. The van der Waals surface area contributed by atoms with Gasteiger partial charge in [-0.15, -0.1) is 24.8 Å². The second-order valence-corrected chi connectivity index (χ2v) is 4.11. The van der Waals surface area contributed by atoms with Crippen molar-refractivity contribution in [2.24, 2.45) is 0 Å². The summed E-state index contributed by atoms with van der Waals surface area (Å²) in [6.45, 7) is 3.20. The number of rotatable bonds is 5. The molecule has 0 atom stereocenters. The fraction of sp³-hybridized carbons (Fsp3) is 0.200. The molecular formula is C15H19Cl2N3O. The number of benzene rings is 1. The standard InChI is InChI=1S/C15H17N3O.2ClH/c1-2-17-15(19)13-5-3-4-6-14(13)18-11-12-7-9-16-10-8-12;;/h3-10,18H,2,11H2,1H3,(H,17,19);2*1H. The summed E-state index contributed by atoms with van der Waals surface area (Å²) in [6, 6.07) is 11.4. The minimum Gasteiger partial charge on any atom is -0.380 e. The Bertz CT molecular complexity index is 550. The van der Waals surface area contributed by atoms with Gasteiger partial charge in [0.05, 0.1) is 5.56 Å². The Labute approximate surface area is 137 Å². The molecule has 6 heteroatoms. The lowest BCUT2D eigenvalue weighted by molar-refractivity contribution is 0.0956. The number of carbonyl (C=O) groups is 1. The van der Waals surface area contributed by atoms with Crippen LogP contribution < -0.4 is 10.6 Å². The molecule has 0 spiro atoms. The van der Waals surface area contributed by atoms with Crippen LogP contribution in [0.25, 0.3) is 0 Å². The number of carbonyl (C=O) groups excluding carboxylic acids is 1. The van der Waals surface area contributed by atoms with Crippen molar-refractivity contribution in [1.82, 2.24) is 10.3 Å². The molecule has 2 aromatic rings. The molecule has 1 heterocycles. The highest BCUT2D eigenvalue weighted by molar-refractivity contribution is 5.99. The second-order valence-electron chi connectivity index (χ2n) is 4.11. The van der Waals surface area contributed by atoms with E-state index in [0.717, 1.165) is 11.3 Å². The molecule has 0 radical (unpaired) electrons. The van der Waals surface area contributed by atoms with Crippen LogP contribution in [0, 0.1) is 0 Å². The van der Waals surface area contributed by atoms with E-state index in [1.807, 2.05) is 43.3 Å². The topological polar surface area (TPSA) is 54.0 Å². The maximum atomic E-state index is 11.9. The van der Waals surface area contributed by atoms with E-state index in [1.54, 1.807) is 12.4 Å². The minimum absolute atomic E-state index is 0. The van der Waals surface area contributed by atoms with Gasteiger partial charge in [-0.05, 0) is 36.8 Å². The maximum Gasteiger partial charge on any atom is 0.253 e. The Morgan fingerprint density at radius 3 is 2.43 bits per heavy atom. The van der Waals surface area contributed by atoms with Crippen LogP contribution in [0.1, 0.15) is 22.8 Å². The molecule has 0 aliphatic rings. The number of halogens is 2. The highest BCUT2D eigenvalue weighted by Gasteiger charge is 2.09. The maximum absolute atomic E-state index is 11.9. The molecule has 2 rings (SSSR count). The van der Waals surface area contributed by atoms with E-state index in [4.69, 9.17) is 0 Å². The fourth-order valence-corrected chi connectivity index (χ4v) is 1.79. The third-order valence-corrected chi connectivity index (χ3v) is 2.74. The van der Waals surface area contributed by atoms with Crippen molar-refractivity contribution in [2.45, 2.75) is 13.5 Å². The van der Waals surface area contributed by atoms with Crippen molar-refractivity contribution in [3.05, 3.63) is 59.9 Å². The molecule has 4 nitrogen and oxygen atoms in total. The summed E-state index contributed by atoms with van der Waals surface area (Å²) in [5, 5.41) is 6.09. The van der Waals surface area contributed by atoms with Gasteiger partial charge in [0.1, 0.15) is 0 Å². The molecule has 0 aliphatic heterocycles. The molecule has 1 aromatic carbocycles. The highest BCUT2D eigenvalue weighted by atomic mass is 35.5. The predicted molar refractivity (Wildman–Crippen MR) is 90.5 cm³/mol. The molecule has 21 heavy (non-hydrogen) atoms. The molecular weight excluding hydrogens is 309 g/mol. The van der Waals surface area contributed by atoms with Crippen LogP contribution in [0.3, 0.4) is 0 Å². The van der Waals surface area contributed by atoms with Gasteiger partial charge < -0.3 is 10.6 Å². The predicted octanol–water partition coefficient (Wildman–Crippen LogP) is 3.29. The van der Waals surface area contributed by atoms with Crippen LogP contribution in [0.2, 0.25) is 0 Å². The average Bonchev–Trinajstić information content (AvgIpc) is 2.47. The second kappa shape index (κ2) is 10.0. The normalized spacial score (nSPS) is 9.00. The average molecular weight is 328 g/mol. The zero-order valence-electron chi connectivity index (χ0n) is 11.7. The molecule has 0 fully saturated rings. The number of amides is 1. The first-order chi connectivity index (χ1) is 9.31. The molecule has 0 saturated carbocycles. The van der Waals surface area contributed by atoms with Gasteiger partial charge in [0.2, 0.25) is 0 Å². The lowest BCUT2D eigenvalue weighted by atomic mass is 10.1. The Morgan fingerprint density at radius 1 is 1.10 bits per heavy atom. The van der Waals surface area contributed by atoms with Crippen molar-refractivity contribution in [3.63, 3.8) is 0 Å². The Balaban J connectivity index is 0.00000200. The van der Waals surface area contributed by atoms with Crippen LogP contribution in [0.15, 0.2) is 48.8 Å². The fourth-order valence-electron chi connectivity index (χ4n) is 1.79. The van der Waals surface area contributed by atoms with Crippen molar-refractivity contribution in [2.75, 3.05) is 11.9 Å². The van der Waals surface area contributed by atoms with E-state index in [9.17, 15) is 4.79 Å². The van der Waals surface area contributed by atoms with Crippen molar-refractivity contribution >= 4 is 36.4 Å².